The summed E-state index contributed by atoms with van der Waals surface area (Å²) in [5.41, 5.74) is 4.07. The predicted octanol–water partition coefficient (Wildman–Crippen LogP) is 6.09. The quantitative estimate of drug-likeness (QED) is 0.174. The molecule has 0 aliphatic carbocycles. The minimum atomic E-state index is -4.75. The normalized spacial score (nSPS) is 14.2. The lowest BCUT2D eigenvalue weighted by Crippen LogP contribution is -2.32. The van der Waals surface area contributed by atoms with Crippen LogP contribution in [0.2, 0.25) is 0 Å². The van der Waals surface area contributed by atoms with Gasteiger partial charge in [0, 0.05) is 12.1 Å². The number of carbonyl (C=O) groups is 1. The Morgan fingerprint density at radius 2 is 1.89 bits per heavy atom. The van der Waals surface area contributed by atoms with Crippen molar-refractivity contribution in [2.75, 3.05) is 24.3 Å². The first-order valence-electron chi connectivity index (χ1n) is 13.4. The lowest BCUT2D eigenvalue weighted by atomic mass is 10.1. The first-order chi connectivity index (χ1) is 21.1. The minimum absolute atomic E-state index is 0.0579. The van der Waals surface area contributed by atoms with Crippen LogP contribution in [0.3, 0.4) is 0 Å². The van der Waals surface area contributed by atoms with Crippen LogP contribution in [0.15, 0.2) is 78.0 Å². The molecule has 1 N–H and O–H groups in total. The van der Waals surface area contributed by atoms with Gasteiger partial charge < -0.3 is 14.8 Å². The van der Waals surface area contributed by atoms with E-state index in [2.05, 4.69) is 25.1 Å². The molecule has 2 heterocycles. The number of halogens is 3. The van der Waals surface area contributed by atoms with Gasteiger partial charge in [0.1, 0.15) is 17.8 Å². The number of nitrogens with one attached hydrogen (secondary N) is 1. The Balaban J connectivity index is 1.15. The second-order valence-corrected chi connectivity index (χ2v) is 11.0. The van der Waals surface area contributed by atoms with Gasteiger partial charge in [-0.3, -0.25) is 9.69 Å². The Morgan fingerprint density at radius 1 is 1.11 bits per heavy atom. The van der Waals surface area contributed by atoms with Crippen LogP contribution in [-0.4, -0.2) is 56.7 Å². The summed E-state index contributed by atoms with van der Waals surface area (Å²) in [6, 6.07) is 18.7. The molecule has 4 aromatic rings. The van der Waals surface area contributed by atoms with Crippen LogP contribution in [0.25, 0.3) is 17.1 Å². The van der Waals surface area contributed by atoms with Gasteiger partial charge in [-0.1, -0.05) is 30.0 Å². The summed E-state index contributed by atoms with van der Waals surface area (Å²) in [5, 5.41) is 8.47. The number of amides is 1. The Morgan fingerprint density at radius 3 is 2.61 bits per heavy atom. The summed E-state index contributed by atoms with van der Waals surface area (Å²) >= 11 is 6.79. The number of aliphatic imine (C=N–C) groups is 1. The van der Waals surface area contributed by atoms with Gasteiger partial charge in [-0.25, -0.2) is 9.67 Å². The number of benzene rings is 3. The van der Waals surface area contributed by atoms with E-state index in [4.69, 9.17) is 17.0 Å². The monoisotopic (exact) mass is 640 g/mol. The van der Waals surface area contributed by atoms with Crippen molar-refractivity contribution in [3.05, 3.63) is 84.2 Å². The number of amidine groups is 1. The Bertz CT molecular complexity index is 1690. The summed E-state index contributed by atoms with van der Waals surface area (Å²) in [7, 11) is 1.60. The number of hydrogen-bond donors (Lipinski definition) is 1. The van der Waals surface area contributed by atoms with Gasteiger partial charge in [0.25, 0.3) is 0 Å². The molecule has 3 aromatic carbocycles. The van der Waals surface area contributed by atoms with Crippen LogP contribution < -0.4 is 19.7 Å². The highest BCUT2D eigenvalue weighted by molar-refractivity contribution is 8.15. The number of thioether (sulfide) groups is 1. The maximum absolute atomic E-state index is 12.6. The third-order valence-electron chi connectivity index (χ3n) is 6.54. The molecule has 1 aromatic heterocycles. The molecule has 1 aliphatic rings. The van der Waals surface area contributed by atoms with Gasteiger partial charge in [-0.05, 0) is 91.6 Å². The summed E-state index contributed by atoms with van der Waals surface area (Å²) in [4.78, 5) is 23.1. The van der Waals surface area contributed by atoms with Crippen molar-refractivity contribution in [3.63, 3.8) is 0 Å². The molecule has 9 nitrogen and oxygen atoms in total. The number of alkyl halides is 3. The second kappa shape index (κ2) is 13.5. The number of anilines is 1. The maximum atomic E-state index is 12.6. The van der Waals surface area contributed by atoms with Crippen LogP contribution in [-0.2, 0) is 11.2 Å². The van der Waals surface area contributed by atoms with Gasteiger partial charge in [0.15, 0.2) is 16.1 Å². The molecule has 44 heavy (non-hydrogen) atoms. The molecule has 1 aliphatic heterocycles. The number of nitrogens with zero attached hydrogens (tertiary/aromatic N) is 5. The first-order valence-corrected chi connectivity index (χ1v) is 14.8. The van der Waals surface area contributed by atoms with Crippen LogP contribution in [0, 0.1) is 6.92 Å². The molecule has 228 valence electrons. The molecule has 0 saturated carbocycles. The van der Waals surface area contributed by atoms with Gasteiger partial charge in [-0.15, -0.1) is 18.3 Å². The predicted molar refractivity (Wildman–Crippen MR) is 168 cm³/mol. The lowest BCUT2D eigenvalue weighted by Gasteiger charge is -2.19. The minimum Gasteiger partial charge on any atom is -0.497 e. The average Bonchev–Trinajstić information content (AvgIpc) is 3.62. The first kappa shape index (κ1) is 31.0. The number of aryl methyl sites for hydroxylation is 2. The molecular weight excluding hydrogens is 613 g/mol. The Hall–Kier alpha value is -4.43. The van der Waals surface area contributed by atoms with Crippen molar-refractivity contribution >= 4 is 45.9 Å². The summed E-state index contributed by atoms with van der Waals surface area (Å²) in [6.07, 6.45) is -1.72. The number of ether oxygens (including phenoxy) is 2. The van der Waals surface area contributed by atoms with Crippen molar-refractivity contribution in [2.45, 2.75) is 26.1 Å². The van der Waals surface area contributed by atoms with E-state index < -0.39 is 6.36 Å². The molecule has 1 fully saturated rings. The SMILES string of the molecule is COc1ccc(N2C(=O)CSC2=NC(=S)NCCCc2cccc(-c3ncn(-c4ccc(OC(F)(F)F)cc4)n3)c2)c(C)c1. The van der Waals surface area contributed by atoms with Crippen molar-refractivity contribution in [3.8, 4) is 28.6 Å². The molecule has 0 bridgehead atoms. The van der Waals surface area contributed by atoms with Gasteiger partial charge in [0.05, 0.1) is 24.2 Å². The zero-order chi connectivity index (χ0) is 31.3. The van der Waals surface area contributed by atoms with Crippen LogP contribution in [0.1, 0.15) is 17.5 Å². The fourth-order valence-corrected chi connectivity index (χ4v) is 5.60. The topological polar surface area (TPSA) is 93.9 Å². The summed E-state index contributed by atoms with van der Waals surface area (Å²) in [6.45, 7) is 2.50. The fraction of sp³-hybridized carbons (Fsp3) is 0.233. The zero-order valence-electron chi connectivity index (χ0n) is 23.7. The smallest absolute Gasteiger partial charge is 0.497 e. The highest BCUT2D eigenvalue weighted by Gasteiger charge is 2.32. The van der Waals surface area contributed by atoms with E-state index in [9.17, 15) is 18.0 Å². The number of carbonyl (C=O) groups excluding carboxylic acids is 1. The molecule has 5 rings (SSSR count). The molecular formula is C30H27F3N6O3S2. The fourth-order valence-electron chi connectivity index (χ4n) is 4.49. The van der Waals surface area contributed by atoms with E-state index in [1.807, 2.05) is 49.4 Å². The lowest BCUT2D eigenvalue weighted by molar-refractivity contribution is -0.274. The number of hydrogen-bond acceptors (Lipinski definition) is 7. The van der Waals surface area contributed by atoms with E-state index in [0.29, 0.717) is 39.8 Å². The van der Waals surface area contributed by atoms with Gasteiger partial charge >= 0.3 is 6.36 Å². The van der Waals surface area contributed by atoms with Crippen molar-refractivity contribution < 1.29 is 27.4 Å². The summed E-state index contributed by atoms with van der Waals surface area (Å²) in [5.74, 6) is 1.12. The number of methoxy groups -OCH3 is 1. The molecule has 1 saturated heterocycles. The Labute approximate surface area is 261 Å². The van der Waals surface area contributed by atoms with Gasteiger partial charge in [0.2, 0.25) is 5.91 Å². The maximum Gasteiger partial charge on any atom is 0.573 e. The van der Waals surface area contributed by atoms with Crippen molar-refractivity contribution in [1.29, 1.82) is 0 Å². The van der Waals surface area contributed by atoms with E-state index >= 15 is 0 Å². The molecule has 0 unspecified atom stereocenters. The van der Waals surface area contributed by atoms with Crippen molar-refractivity contribution in [2.24, 2.45) is 4.99 Å². The Kier molecular flexibility index (Phi) is 9.49. The van der Waals surface area contributed by atoms with E-state index in [1.54, 1.807) is 12.0 Å². The van der Waals surface area contributed by atoms with Crippen LogP contribution in [0.5, 0.6) is 11.5 Å². The largest absolute Gasteiger partial charge is 0.573 e. The van der Waals surface area contributed by atoms with E-state index in [1.165, 1.54) is 47.0 Å². The molecule has 0 radical (unpaired) electrons. The molecule has 0 atom stereocenters. The van der Waals surface area contributed by atoms with Crippen LogP contribution in [0.4, 0.5) is 18.9 Å². The zero-order valence-corrected chi connectivity index (χ0v) is 25.3. The standard InChI is InChI=1S/C30H27F3N6O3S2/c1-19-15-24(41-2)12-13-25(19)39-26(40)17-44-29(39)36-28(43)34-14-4-6-20-5-3-7-21(16-20)27-35-18-38(37-27)22-8-10-23(11-9-22)42-30(31,32)33/h3,5,7-13,15-16,18H,4,6,14,17H2,1-2H3,(H,34,43). The highest BCUT2D eigenvalue weighted by Crippen LogP contribution is 2.31. The van der Waals surface area contributed by atoms with E-state index in [0.717, 1.165) is 35.2 Å². The van der Waals surface area contributed by atoms with Crippen LogP contribution >= 0.6 is 24.0 Å². The van der Waals surface area contributed by atoms with Crippen molar-refractivity contribution in [1.82, 2.24) is 20.1 Å². The number of thiocarbonyl (C=S) groups is 1. The van der Waals surface area contributed by atoms with Gasteiger partial charge in [-0.2, -0.15) is 4.99 Å². The van der Waals surface area contributed by atoms with E-state index in [-0.39, 0.29) is 11.7 Å². The molecule has 1 amide bonds. The summed E-state index contributed by atoms with van der Waals surface area (Å²) < 4.78 is 47.9. The molecule has 14 heteroatoms. The third-order valence-corrected chi connectivity index (χ3v) is 7.70. The average molecular weight is 641 g/mol. The number of rotatable bonds is 9. The third kappa shape index (κ3) is 7.74. The number of aromatic nitrogens is 3. The second-order valence-electron chi connectivity index (χ2n) is 9.65. The highest BCUT2D eigenvalue weighted by atomic mass is 32.2. The molecule has 0 spiro atoms.